The Hall–Kier alpha value is -2.91. The Morgan fingerprint density at radius 1 is 0.927 bits per heavy atom. The van der Waals surface area contributed by atoms with E-state index >= 15 is 0 Å². The maximum atomic E-state index is 13.1. The molecule has 41 heavy (non-hydrogen) atoms. The molecule has 0 atom stereocenters. The van der Waals surface area contributed by atoms with Gasteiger partial charge in [-0.1, -0.05) is 6.07 Å². The van der Waals surface area contributed by atoms with E-state index in [2.05, 4.69) is 27.4 Å². The molecular formula is C30H40Cl3N5O3. The molecule has 1 N–H and O–H groups in total. The molecule has 4 rings (SSSR count). The molecule has 1 aromatic carbocycles. The Kier molecular flexibility index (Phi) is 14.5. The molecule has 0 bridgehead atoms. The first-order valence-corrected chi connectivity index (χ1v) is 13.2. The Bertz CT molecular complexity index is 1280. The van der Waals surface area contributed by atoms with Crippen LogP contribution in [-0.2, 0) is 29.0 Å². The van der Waals surface area contributed by atoms with E-state index in [1.807, 2.05) is 49.6 Å². The van der Waals surface area contributed by atoms with Gasteiger partial charge in [0, 0.05) is 50.5 Å². The number of carbonyl (C=O) groups excluding carboxylic acids is 2. The molecule has 11 heteroatoms. The van der Waals surface area contributed by atoms with Crippen molar-refractivity contribution in [1.82, 2.24) is 15.3 Å². The fraction of sp³-hybridized carbons (Fsp3) is 0.400. The van der Waals surface area contributed by atoms with Crippen molar-refractivity contribution in [2.75, 3.05) is 36.5 Å². The van der Waals surface area contributed by atoms with Gasteiger partial charge in [-0.3, -0.25) is 19.6 Å². The van der Waals surface area contributed by atoms with E-state index < -0.39 is 5.41 Å². The van der Waals surface area contributed by atoms with Crippen molar-refractivity contribution in [2.45, 2.75) is 46.6 Å². The number of aromatic nitrogens is 2. The summed E-state index contributed by atoms with van der Waals surface area (Å²) in [6.45, 7) is 7.88. The zero-order chi connectivity index (χ0) is 27.1. The quantitative estimate of drug-likeness (QED) is 0.226. The third kappa shape index (κ3) is 8.79. The van der Waals surface area contributed by atoms with Gasteiger partial charge >= 0.3 is 0 Å². The molecule has 2 aromatic heterocycles. The van der Waals surface area contributed by atoms with Crippen LogP contribution in [0.3, 0.4) is 0 Å². The first kappa shape index (κ1) is 36.1. The van der Waals surface area contributed by atoms with E-state index in [9.17, 15) is 9.59 Å². The van der Waals surface area contributed by atoms with E-state index in [0.717, 1.165) is 38.0 Å². The highest BCUT2D eigenvalue weighted by Gasteiger charge is 2.45. The van der Waals surface area contributed by atoms with Gasteiger partial charge in [0.05, 0.1) is 18.0 Å². The van der Waals surface area contributed by atoms with E-state index in [-0.39, 0.29) is 49.0 Å². The molecule has 0 spiro atoms. The SMILES string of the molecule is CCN1C(=O)C(C)(C)C(=O)N(C)c2ccc(OCCCNCc3ccnc(CCc4cccnc4)c3)cc21.Cl.Cl.Cl. The highest BCUT2D eigenvalue weighted by molar-refractivity contribution is 6.20. The van der Waals surface area contributed by atoms with Gasteiger partial charge in [-0.2, -0.15) is 0 Å². The van der Waals surface area contributed by atoms with Crippen LogP contribution in [0.5, 0.6) is 5.75 Å². The molecule has 0 radical (unpaired) electrons. The van der Waals surface area contributed by atoms with Crippen molar-refractivity contribution in [3.05, 3.63) is 77.9 Å². The number of benzene rings is 1. The van der Waals surface area contributed by atoms with Crippen molar-refractivity contribution >= 4 is 60.4 Å². The van der Waals surface area contributed by atoms with E-state index in [4.69, 9.17) is 4.74 Å². The van der Waals surface area contributed by atoms with Gasteiger partial charge in [-0.25, -0.2) is 0 Å². The molecule has 0 unspecified atom stereocenters. The van der Waals surface area contributed by atoms with E-state index in [1.54, 1.807) is 36.9 Å². The van der Waals surface area contributed by atoms with Crippen LogP contribution in [0.4, 0.5) is 11.4 Å². The lowest BCUT2D eigenvalue weighted by Gasteiger charge is -2.27. The maximum Gasteiger partial charge on any atom is 0.242 e. The Labute approximate surface area is 261 Å². The van der Waals surface area contributed by atoms with Gasteiger partial charge < -0.3 is 19.9 Å². The number of hydrogen-bond donors (Lipinski definition) is 1. The van der Waals surface area contributed by atoms with Crippen LogP contribution in [-0.4, -0.2) is 48.5 Å². The van der Waals surface area contributed by atoms with Crippen LogP contribution < -0.4 is 19.9 Å². The number of pyridine rings is 2. The van der Waals surface area contributed by atoms with Gasteiger partial charge in [0.1, 0.15) is 11.2 Å². The Morgan fingerprint density at radius 2 is 1.71 bits per heavy atom. The molecule has 0 fully saturated rings. The standard InChI is InChI=1S/C30H37N5O3.3ClH/c1-5-35-27-19-25(11-12-26(27)34(4)28(36)30(2,3)29(35)37)38-17-7-15-32-21-23-13-16-33-24(18-23)10-9-22-8-6-14-31-20-22;;;/h6,8,11-14,16,18-20,32H,5,7,9-10,15,17,21H2,1-4H3;3*1H. The molecule has 224 valence electrons. The number of ether oxygens (including phenoxy) is 1. The first-order valence-electron chi connectivity index (χ1n) is 13.2. The van der Waals surface area contributed by atoms with Crippen LogP contribution in [0.1, 0.15) is 44.0 Å². The lowest BCUT2D eigenvalue weighted by atomic mass is 9.90. The van der Waals surface area contributed by atoms with Gasteiger partial charge in [0.25, 0.3) is 0 Å². The molecule has 0 saturated carbocycles. The number of nitrogens with one attached hydrogen (secondary N) is 1. The van der Waals surface area contributed by atoms with Crippen LogP contribution in [0.25, 0.3) is 0 Å². The predicted octanol–water partition coefficient (Wildman–Crippen LogP) is 5.44. The monoisotopic (exact) mass is 623 g/mol. The molecular weight excluding hydrogens is 585 g/mol. The number of rotatable bonds is 11. The number of nitrogens with zero attached hydrogens (tertiary/aromatic N) is 4. The normalized spacial score (nSPS) is 13.8. The summed E-state index contributed by atoms with van der Waals surface area (Å²) < 4.78 is 6.00. The summed E-state index contributed by atoms with van der Waals surface area (Å²) in [7, 11) is 1.72. The van der Waals surface area contributed by atoms with Gasteiger partial charge in [0.15, 0.2) is 0 Å². The number of hydrogen-bond acceptors (Lipinski definition) is 6. The highest BCUT2D eigenvalue weighted by atomic mass is 35.5. The number of amides is 2. The number of halogens is 3. The number of fused-ring (bicyclic) bond motifs is 1. The number of carbonyl (C=O) groups is 2. The molecule has 8 nitrogen and oxygen atoms in total. The van der Waals surface area contributed by atoms with E-state index in [1.165, 1.54) is 11.1 Å². The van der Waals surface area contributed by atoms with Crippen LogP contribution >= 0.6 is 37.2 Å². The summed E-state index contributed by atoms with van der Waals surface area (Å²) in [5.41, 5.74) is 3.79. The topological polar surface area (TPSA) is 87.7 Å². The van der Waals surface area contributed by atoms with Crippen molar-refractivity contribution in [3.8, 4) is 5.75 Å². The second kappa shape index (κ2) is 16.5. The number of anilines is 2. The maximum absolute atomic E-state index is 13.1. The van der Waals surface area contributed by atoms with Crippen LogP contribution in [0.15, 0.2) is 61.1 Å². The van der Waals surface area contributed by atoms with Crippen molar-refractivity contribution in [1.29, 1.82) is 0 Å². The second-order valence-electron chi connectivity index (χ2n) is 10.1. The van der Waals surface area contributed by atoms with Crippen LogP contribution in [0.2, 0.25) is 0 Å². The fourth-order valence-electron chi connectivity index (χ4n) is 4.69. The zero-order valence-electron chi connectivity index (χ0n) is 24.0. The largest absolute Gasteiger partial charge is 0.493 e. The van der Waals surface area contributed by atoms with Crippen LogP contribution in [0, 0.1) is 5.41 Å². The third-order valence-electron chi connectivity index (χ3n) is 6.90. The first-order chi connectivity index (χ1) is 18.3. The Morgan fingerprint density at radius 3 is 2.41 bits per heavy atom. The molecule has 3 heterocycles. The minimum atomic E-state index is -1.12. The molecule has 1 aliphatic rings. The van der Waals surface area contributed by atoms with Crippen molar-refractivity contribution in [2.24, 2.45) is 5.41 Å². The number of aryl methyl sites for hydroxylation is 2. The summed E-state index contributed by atoms with van der Waals surface area (Å²) in [4.78, 5) is 37.9. The zero-order valence-corrected chi connectivity index (χ0v) is 26.4. The van der Waals surface area contributed by atoms with E-state index in [0.29, 0.717) is 30.3 Å². The molecule has 2 amide bonds. The summed E-state index contributed by atoms with van der Waals surface area (Å²) in [6.07, 6.45) is 8.20. The van der Waals surface area contributed by atoms with Gasteiger partial charge in [-0.15, -0.1) is 37.2 Å². The van der Waals surface area contributed by atoms with Crippen molar-refractivity contribution < 1.29 is 14.3 Å². The molecule has 3 aromatic rings. The lowest BCUT2D eigenvalue weighted by molar-refractivity contribution is -0.137. The molecule has 0 saturated heterocycles. The van der Waals surface area contributed by atoms with Gasteiger partial charge in [0.2, 0.25) is 11.8 Å². The second-order valence-corrected chi connectivity index (χ2v) is 10.1. The average Bonchev–Trinajstić information content (AvgIpc) is 2.98. The minimum Gasteiger partial charge on any atom is -0.493 e. The summed E-state index contributed by atoms with van der Waals surface area (Å²) in [6, 6.07) is 13.8. The lowest BCUT2D eigenvalue weighted by Crippen LogP contribution is -2.47. The molecule has 0 aliphatic carbocycles. The van der Waals surface area contributed by atoms with Gasteiger partial charge in [-0.05, 0) is 88.0 Å². The summed E-state index contributed by atoms with van der Waals surface area (Å²) in [5.74, 6) is 0.269. The third-order valence-corrected chi connectivity index (χ3v) is 6.90. The average molecular weight is 625 g/mol. The fourth-order valence-corrected chi connectivity index (χ4v) is 4.69. The summed E-state index contributed by atoms with van der Waals surface area (Å²) >= 11 is 0. The van der Waals surface area contributed by atoms with Crippen molar-refractivity contribution in [3.63, 3.8) is 0 Å². The molecule has 1 aliphatic heterocycles. The smallest absolute Gasteiger partial charge is 0.242 e. The Balaban J connectivity index is 0.00000280. The summed E-state index contributed by atoms with van der Waals surface area (Å²) in [5, 5.41) is 3.47. The predicted molar refractivity (Wildman–Crippen MR) is 171 cm³/mol. The highest BCUT2D eigenvalue weighted by Crippen LogP contribution is 2.40. The minimum absolute atomic E-state index is 0.